The third kappa shape index (κ3) is 4.02. The van der Waals surface area contributed by atoms with Crippen molar-refractivity contribution < 1.29 is 4.42 Å². The summed E-state index contributed by atoms with van der Waals surface area (Å²) in [7, 11) is 0. The molecule has 3 aromatic heterocycles. The van der Waals surface area contributed by atoms with Crippen molar-refractivity contribution in [2.45, 2.75) is 46.5 Å². The Morgan fingerprint density at radius 3 is 2.48 bits per heavy atom. The summed E-state index contributed by atoms with van der Waals surface area (Å²) in [5, 5.41) is 2.50. The average Bonchev–Trinajstić information content (AvgIpc) is 3.23. The summed E-state index contributed by atoms with van der Waals surface area (Å²) in [6.07, 6.45) is 6.22. The molecule has 2 aromatic carbocycles. The number of pyridine rings is 1. The van der Waals surface area contributed by atoms with Crippen molar-refractivity contribution in [2.24, 2.45) is 5.92 Å². The summed E-state index contributed by atoms with van der Waals surface area (Å²) in [4.78, 5) is 13.8. The zero-order valence-corrected chi connectivity index (χ0v) is 19.9. The van der Waals surface area contributed by atoms with E-state index in [1.54, 1.807) is 12.6 Å². The topological polar surface area (TPSA) is 51.8 Å². The molecule has 0 spiro atoms. The Labute approximate surface area is 194 Å². The molecular weight excluding hydrogens is 406 g/mol. The fourth-order valence-corrected chi connectivity index (χ4v) is 4.51. The van der Waals surface area contributed by atoms with Crippen LogP contribution in [0.25, 0.3) is 44.4 Å². The van der Waals surface area contributed by atoms with Crippen LogP contribution in [-0.2, 0) is 11.8 Å². The molecule has 0 saturated heterocycles. The molecule has 0 aliphatic rings. The average molecular weight is 436 g/mol. The zero-order chi connectivity index (χ0) is 23.2. The Kier molecular flexibility index (Phi) is 5.24. The van der Waals surface area contributed by atoms with E-state index in [-0.39, 0.29) is 5.41 Å². The lowest BCUT2D eigenvalue weighted by Gasteiger charge is -2.22. The fraction of sp³-hybridized carbons (Fsp3) is 0.276. The molecule has 0 saturated carbocycles. The van der Waals surface area contributed by atoms with Crippen molar-refractivity contribution in [2.75, 3.05) is 0 Å². The van der Waals surface area contributed by atoms with Crippen LogP contribution in [0.1, 0.15) is 45.7 Å². The van der Waals surface area contributed by atoms with Crippen molar-refractivity contribution in [1.29, 1.82) is 0 Å². The van der Waals surface area contributed by atoms with E-state index in [1.165, 1.54) is 21.9 Å². The van der Waals surface area contributed by atoms with Crippen LogP contribution >= 0.6 is 0 Å². The highest BCUT2D eigenvalue weighted by molar-refractivity contribution is 5.93. The molecule has 5 rings (SSSR count). The normalized spacial score (nSPS) is 12.2. The van der Waals surface area contributed by atoms with Gasteiger partial charge in [0.1, 0.15) is 18.1 Å². The molecule has 0 amide bonds. The number of hydrogen-bond acceptors (Lipinski definition) is 4. The number of benzene rings is 2. The zero-order valence-electron chi connectivity index (χ0n) is 19.9. The number of aromatic nitrogens is 3. The van der Waals surface area contributed by atoms with Gasteiger partial charge in [0, 0.05) is 11.8 Å². The number of nitrogens with zero attached hydrogens (tertiary/aromatic N) is 3. The summed E-state index contributed by atoms with van der Waals surface area (Å²) in [6, 6.07) is 17.1. The number of rotatable bonds is 4. The molecule has 0 fully saturated rings. The molecule has 0 atom stereocenters. The van der Waals surface area contributed by atoms with Gasteiger partial charge in [-0.05, 0) is 63.9 Å². The molecule has 0 N–H and O–H groups in total. The maximum absolute atomic E-state index is 5.98. The summed E-state index contributed by atoms with van der Waals surface area (Å²) in [5.74, 6) is 0.541. The van der Waals surface area contributed by atoms with E-state index in [0.717, 1.165) is 40.0 Å². The van der Waals surface area contributed by atoms with Gasteiger partial charge in [-0.2, -0.15) is 0 Å². The number of hydrogen-bond donors (Lipinski definition) is 0. The van der Waals surface area contributed by atoms with E-state index in [9.17, 15) is 0 Å². The van der Waals surface area contributed by atoms with Crippen LogP contribution in [0, 0.1) is 5.92 Å². The maximum atomic E-state index is 5.98. The van der Waals surface area contributed by atoms with E-state index in [1.807, 2.05) is 18.3 Å². The lowest BCUT2D eigenvalue weighted by Crippen LogP contribution is -2.12. The fourth-order valence-electron chi connectivity index (χ4n) is 4.51. The monoisotopic (exact) mass is 435 g/mol. The van der Waals surface area contributed by atoms with Crippen LogP contribution in [0.3, 0.4) is 0 Å². The van der Waals surface area contributed by atoms with E-state index >= 15 is 0 Å². The Morgan fingerprint density at radius 2 is 1.70 bits per heavy atom. The van der Waals surface area contributed by atoms with E-state index in [0.29, 0.717) is 5.92 Å². The van der Waals surface area contributed by atoms with Gasteiger partial charge in [-0.1, -0.05) is 58.9 Å². The van der Waals surface area contributed by atoms with Crippen molar-refractivity contribution in [1.82, 2.24) is 15.0 Å². The first kappa shape index (κ1) is 21.3. The Bertz CT molecular complexity index is 1460. The van der Waals surface area contributed by atoms with Gasteiger partial charge in [-0.15, -0.1) is 0 Å². The van der Waals surface area contributed by atoms with Gasteiger partial charge in [-0.25, -0.2) is 9.97 Å². The lowest BCUT2D eigenvalue weighted by atomic mass is 9.82. The first-order chi connectivity index (χ1) is 15.8. The van der Waals surface area contributed by atoms with Crippen LogP contribution in [0.5, 0.6) is 0 Å². The summed E-state index contributed by atoms with van der Waals surface area (Å²) in [6.45, 7) is 11.2. The predicted octanol–water partition coefficient (Wildman–Crippen LogP) is 7.60. The molecule has 0 unspecified atom stereocenters. The highest BCUT2D eigenvalue weighted by atomic mass is 16.3. The molecular formula is C29H29N3O. The van der Waals surface area contributed by atoms with Gasteiger partial charge in [0.05, 0.1) is 17.0 Å². The van der Waals surface area contributed by atoms with Gasteiger partial charge < -0.3 is 4.42 Å². The largest absolute Gasteiger partial charge is 0.462 e. The molecule has 0 aliphatic carbocycles. The van der Waals surface area contributed by atoms with Gasteiger partial charge in [0.2, 0.25) is 0 Å². The van der Waals surface area contributed by atoms with E-state index in [2.05, 4.69) is 86.0 Å². The van der Waals surface area contributed by atoms with Crippen molar-refractivity contribution in [3.63, 3.8) is 0 Å². The highest BCUT2D eigenvalue weighted by Gasteiger charge is 2.20. The van der Waals surface area contributed by atoms with E-state index in [4.69, 9.17) is 4.42 Å². The Hall–Kier alpha value is -3.53. The van der Waals surface area contributed by atoms with Crippen molar-refractivity contribution >= 4 is 21.9 Å². The third-order valence-corrected chi connectivity index (χ3v) is 6.07. The summed E-state index contributed by atoms with van der Waals surface area (Å²) < 4.78 is 5.98. The summed E-state index contributed by atoms with van der Waals surface area (Å²) in [5.41, 5.74) is 7.91. The Morgan fingerprint density at radius 1 is 0.909 bits per heavy atom. The van der Waals surface area contributed by atoms with Crippen LogP contribution in [0.15, 0.2) is 71.7 Å². The van der Waals surface area contributed by atoms with E-state index < -0.39 is 0 Å². The van der Waals surface area contributed by atoms with Crippen LogP contribution < -0.4 is 0 Å². The maximum Gasteiger partial charge on any atom is 0.156 e. The number of furan rings is 1. The molecule has 4 heteroatoms. The second-order valence-corrected chi connectivity index (χ2v) is 10.2. The molecule has 33 heavy (non-hydrogen) atoms. The second-order valence-electron chi connectivity index (χ2n) is 10.2. The minimum atomic E-state index is 0.0168. The highest BCUT2D eigenvalue weighted by Crippen LogP contribution is 2.36. The molecule has 3 heterocycles. The smallest absolute Gasteiger partial charge is 0.156 e. The van der Waals surface area contributed by atoms with Gasteiger partial charge in [-0.3, -0.25) is 4.98 Å². The third-order valence-electron chi connectivity index (χ3n) is 6.07. The minimum absolute atomic E-state index is 0.0168. The number of fused-ring (bicyclic) bond motifs is 2. The Balaban J connectivity index is 1.64. The first-order valence-electron chi connectivity index (χ1n) is 11.5. The van der Waals surface area contributed by atoms with Gasteiger partial charge in [0.15, 0.2) is 5.58 Å². The molecule has 0 radical (unpaired) electrons. The minimum Gasteiger partial charge on any atom is -0.462 e. The predicted molar refractivity (Wildman–Crippen MR) is 135 cm³/mol. The van der Waals surface area contributed by atoms with Gasteiger partial charge in [0.25, 0.3) is 0 Å². The van der Waals surface area contributed by atoms with Gasteiger partial charge >= 0.3 is 0 Å². The lowest BCUT2D eigenvalue weighted by molar-refractivity contribution is 0.595. The van der Waals surface area contributed by atoms with Crippen LogP contribution in [0.4, 0.5) is 0 Å². The molecule has 0 aliphatic heterocycles. The van der Waals surface area contributed by atoms with Crippen LogP contribution in [0.2, 0.25) is 0 Å². The molecule has 5 aromatic rings. The quantitative estimate of drug-likeness (QED) is 0.292. The summed E-state index contributed by atoms with van der Waals surface area (Å²) >= 11 is 0. The van der Waals surface area contributed by atoms with Crippen LogP contribution in [-0.4, -0.2) is 15.0 Å². The van der Waals surface area contributed by atoms with Crippen molar-refractivity contribution in [3.05, 3.63) is 78.4 Å². The molecule has 0 bridgehead atoms. The second kappa shape index (κ2) is 8.11. The molecule has 4 nitrogen and oxygen atoms in total. The standard InChI is InChI=1S/C29H29N3O/c1-18(2)12-20-10-11-30-27-23(16-33-28(20)27)26-15-25(31-17-32-26)21-13-19-8-6-7-9-22(19)24(14-21)29(3,4)5/h6-11,13-18H,12H2,1-5H3. The van der Waals surface area contributed by atoms with Crippen molar-refractivity contribution in [3.8, 4) is 22.5 Å². The SMILES string of the molecule is CC(C)Cc1ccnc2c(-c3cc(-c4cc(C(C)(C)C)c5ccccc5c4)ncn3)coc12. The first-order valence-corrected chi connectivity index (χ1v) is 11.5. The molecule has 166 valence electrons.